The van der Waals surface area contributed by atoms with Crippen molar-refractivity contribution in [3.63, 3.8) is 0 Å². The molecule has 2 aromatic rings. The molecule has 0 aromatic carbocycles. The normalized spacial score (nSPS) is 13.4. The molecule has 0 fully saturated rings. The van der Waals surface area contributed by atoms with Crippen LogP contribution in [0.4, 0.5) is 0 Å². The fourth-order valence-corrected chi connectivity index (χ4v) is 1.72. The van der Waals surface area contributed by atoms with Crippen molar-refractivity contribution in [2.75, 3.05) is 0 Å². The summed E-state index contributed by atoms with van der Waals surface area (Å²) in [5.41, 5.74) is 1.51. The molecule has 1 unspecified atom stereocenters. The standard InChI is InChI=1S/C10H11ClN2O/c1-2-8(14)7-6-12-10-5-3-4-9(11)13(7)10/h3-6,8,14H,2H2,1H3. The quantitative estimate of drug-likeness (QED) is 0.774. The Hall–Kier alpha value is -1.06. The molecule has 0 saturated carbocycles. The van der Waals surface area contributed by atoms with E-state index in [-0.39, 0.29) is 0 Å². The summed E-state index contributed by atoms with van der Waals surface area (Å²) in [7, 11) is 0. The van der Waals surface area contributed by atoms with Gasteiger partial charge in [-0.05, 0) is 18.6 Å². The van der Waals surface area contributed by atoms with E-state index in [2.05, 4.69) is 4.98 Å². The average molecular weight is 211 g/mol. The van der Waals surface area contributed by atoms with E-state index in [0.29, 0.717) is 11.6 Å². The molecule has 1 N–H and O–H groups in total. The van der Waals surface area contributed by atoms with Crippen LogP contribution in [0.3, 0.4) is 0 Å². The molecule has 0 bridgehead atoms. The van der Waals surface area contributed by atoms with Crippen LogP contribution in [0.15, 0.2) is 24.4 Å². The highest BCUT2D eigenvalue weighted by molar-refractivity contribution is 6.29. The number of rotatable bonds is 2. The first-order valence-electron chi connectivity index (χ1n) is 4.54. The van der Waals surface area contributed by atoms with E-state index in [9.17, 15) is 5.11 Å². The number of halogens is 1. The summed E-state index contributed by atoms with van der Waals surface area (Å²) in [6.07, 6.45) is 1.80. The van der Waals surface area contributed by atoms with Crippen LogP contribution in [0.25, 0.3) is 5.65 Å². The molecule has 0 saturated heterocycles. The molecule has 4 heteroatoms. The highest BCUT2D eigenvalue weighted by atomic mass is 35.5. The first-order valence-corrected chi connectivity index (χ1v) is 4.91. The second kappa shape index (κ2) is 3.59. The van der Waals surface area contributed by atoms with Gasteiger partial charge in [-0.15, -0.1) is 0 Å². The molecule has 3 nitrogen and oxygen atoms in total. The van der Waals surface area contributed by atoms with Crippen LogP contribution < -0.4 is 0 Å². The van der Waals surface area contributed by atoms with Crippen LogP contribution in [0, 0.1) is 0 Å². The van der Waals surface area contributed by atoms with Gasteiger partial charge in [0.15, 0.2) is 0 Å². The molecular weight excluding hydrogens is 200 g/mol. The van der Waals surface area contributed by atoms with Crippen LogP contribution in [0.5, 0.6) is 0 Å². The summed E-state index contributed by atoms with van der Waals surface area (Å²) in [5, 5.41) is 10.3. The van der Waals surface area contributed by atoms with Gasteiger partial charge in [-0.25, -0.2) is 4.98 Å². The predicted octanol–water partition coefficient (Wildman–Crippen LogP) is 2.43. The maximum absolute atomic E-state index is 9.72. The molecule has 14 heavy (non-hydrogen) atoms. The van der Waals surface area contributed by atoms with Crippen LogP contribution in [-0.2, 0) is 0 Å². The van der Waals surface area contributed by atoms with Gasteiger partial charge in [0.25, 0.3) is 0 Å². The van der Waals surface area contributed by atoms with E-state index in [1.54, 1.807) is 16.7 Å². The van der Waals surface area contributed by atoms with Crippen molar-refractivity contribution >= 4 is 17.2 Å². The lowest BCUT2D eigenvalue weighted by Gasteiger charge is -2.08. The number of hydrogen-bond donors (Lipinski definition) is 1. The third-order valence-electron chi connectivity index (χ3n) is 2.24. The lowest BCUT2D eigenvalue weighted by atomic mass is 10.2. The highest BCUT2D eigenvalue weighted by Gasteiger charge is 2.12. The van der Waals surface area contributed by atoms with Crippen molar-refractivity contribution in [2.45, 2.75) is 19.4 Å². The van der Waals surface area contributed by atoms with E-state index >= 15 is 0 Å². The molecule has 2 heterocycles. The van der Waals surface area contributed by atoms with Gasteiger partial charge in [0.05, 0.1) is 18.0 Å². The first-order chi connectivity index (χ1) is 6.74. The lowest BCUT2D eigenvalue weighted by molar-refractivity contribution is 0.168. The Bertz CT molecular complexity index is 452. The minimum atomic E-state index is -0.509. The Balaban J connectivity index is 2.67. The second-order valence-electron chi connectivity index (χ2n) is 3.15. The second-order valence-corrected chi connectivity index (χ2v) is 3.54. The van der Waals surface area contributed by atoms with Gasteiger partial charge in [0.2, 0.25) is 0 Å². The molecule has 0 aliphatic rings. The average Bonchev–Trinajstić information content (AvgIpc) is 2.62. The number of pyridine rings is 1. The first kappa shape index (κ1) is 9.49. The van der Waals surface area contributed by atoms with Crippen LogP contribution in [0.1, 0.15) is 25.1 Å². The van der Waals surface area contributed by atoms with Gasteiger partial charge < -0.3 is 5.11 Å². The molecule has 2 aromatic heterocycles. The summed E-state index contributed by atoms with van der Waals surface area (Å²) in [6, 6.07) is 5.48. The fourth-order valence-electron chi connectivity index (χ4n) is 1.46. The maximum Gasteiger partial charge on any atom is 0.138 e. The Morgan fingerprint density at radius 2 is 2.36 bits per heavy atom. The molecular formula is C10H11ClN2O. The molecule has 0 spiro atoms. The molecule has 0 aliphatic carbocycles. The Kier molecular flexibility index (Phi) is 2.44. The molecule has 2 rings (SSSR count). The molecule has 74 valence electrons. The van der Waals surface area contributed by atoms with Crippen molar-refractivity contribution in [1.82, 2.24) is 9.38 Å². The van der Waals surface area contributed by atoms with Crippen molar-refractivity contribution < 1.29 is 5.11 Å². The Morgan fingerprint density at radius 3 is 3.07 bits per heavy atom. The molecule has 0 radical (unpaired) electrons. The van der Waals surface area contributed by atoms with E-state index in [1.165, 1.54) is 0 Å². The van der Waals surface area contributed by atoms with E-state index in [1.807, 2.05) is 19.1 Å². The number of fused-ring (bicyclic) bond motifs is 1. The largest absolute Gasteiger partial charge is 0.387 e. The van der Waals surface area contributed by atoms with Gasteiger partial charge in [0, 0.05) is 0 Å². The topological polar surface area (TPSA) is 37.5 Å². The smallest absolute Gasteiger partial charge is 0.138 e. The predicted molar refractivity (Wildman–Crippen MR) is 55.5 cm³/mol. The van der Waals surface area contributed by atoms with Gasteiger partial charge in [-0.3, -0.25) is 4.40 Å². The van der Waals surface area contributed by atoms with Crippen molar-refractivity contribution in [2.24, 2.45) is 0 Å². The molecule has 0 amide bonds. The van der Waals surface area contributed by atoms with E-state index < -0.39 is 6.10 Å². The van der Waals surface area contributed by atoms with Crippen molar-refractivity contribution in [3.05, 3.63) is 35.2 Å². The summed E-state index contributed by atoms with van der Waals surface area (Å²) < 4.78 is 1.76. The zero-order valence-electron chi connectivity index (χ0n) is 7.81. The van der Waals surface area contributed by atoms with Crippen LogP contribution in [0.2, 0.25) is 5.15 Å². The highest BCUT2D eigenvalue weighted by Crippen LogP contribution is 2.21. The van der Waals surface area contributed by atoms with E-state index in [0.717, 1.165) is 11.3 Å². The Morgan fingerprint density at radius 1 is 1.57 bits per heavy atom. The summed E-state index contributed by atoms with van der Waals surface area (Å²) >= 11 is 6.02. The minimum Gasteiger partial charge on any atom is -0.387 e. The number of hydrogen-bond acceptors (Lipinski definition) is 2. The van der Waals surface area contributed by atoms with Gasteiger partial charge in [0.1, 0.15) is 10.8 Å². The van der Waals surface area contributed by atoms with E-state index in [4.69, 9.17) is 11.6 Å². The maximum atomic E-state index is 9.72. The monoisotopic (exact) mass is 210 g/mol. The SMILES string of the molecule is CCC(O)c1cnc2cccc(Cl)n12. The summed E-state index contributed by atoms with van der Waals surface area (Å²) in [6.45, 7) is 1.92. The van der Waals surface area contributed by atoms with Gasteiger partial charge in [-0.2, -0.15) is 0 Å². The van der Waals surface area contributed by atoms with Gasteiger partial charge in [-0.1, -0.05) is 24.6 Å². The summed E-state index contributed by atoms with van der Waals surface area (Å²) in [5.74, 6) is 0. The zero-order chi connectivity index (χ0) is 10.1. The number of aliphatic hydroxyl groups is 1. The van der Waals surface area contributed by atoms with Crippen LogP contribution in [-0.4, -0.2) is 14.5 Å². The van der Waals surface area contributed by atoms with Gasteiger partial charge >= 0.3 is 0 Å². The Labute approximate surface area is 87.0 Å². The number of aromatic nitrogens is 2. The lowest BCUT2D eigenvalue weighted by Crippen LogP contribution is -2.00. The van der Waals surface area contributed by atoms with Crippen molar-refractivity contribution in [3.8, 4) is 0 Å². The van der Waals surface area contributed by atoms with Crippen molar-refractivity contribution in [1.29, 1.82) is 0 Å². The molecule has 0 aliphatic heterocycles. The third-order valence-corrected chi connectivity index (χ3v) is 2.53. The number of aliphatic hydroxyl groups excluding tert-OH is 1. The summed E-state index contributed by atoms with van der Waals surface area (Å²) in [4.78, 5) is 4.17. The third kappa shape index (κ3) is 1.38. The minimum absolute atomic E-state index is 0.509. The number of imidazole rings is 1. The number of nitrogens with zero attached hydrogens (tertiary/aromatic N) is 2. The molecule has 1 atom stereocenters. The fraction of sp³-hybridized carbons (Fsp3) is 0.300. The zero-order valence-corrected chi connectivity index (χ0v) is 8.57. The van der Waals surface area contributed by atoms with Crippen LogP contribution >= 0.6 is 11.6 Å².